The number of nitrogens with zero attached hydrogens (tertiary/aromatic N) is 2. The smallest absolute Gasteiger partial charge is 0.357 e. The minimum atomic E-state index is -1.00. The van der Waals surface area contributed by atoms with Crippen LogP contribution in [0.25, 0.3) is 10.9 Å². The molecule has 0 aliphatic rings. The normalized spacial score (nSPS) is 10.3. The molecule has 0 amide bonds. The average molecular weight is 354 g/mol. The third kappa shape index (κ3) is 3.06. The van der Waals surface area contributed by atoms with E-state index in [2.05, 4.69) is 11.2 Å². The quantitative estimate of drug-likeness (QED) is 0.736. The predicted molar refractivity (Wildman–Crippen MR) is 75.8 cm³/mol. The molecule has 0 bridgehead atoms. The number of rotatable bonds is 3. The molecule has 0 saturated carbocycles. The summed E-state index contributed by atoms with van der Waals surface area (Å²) in [6.45, 7) is 2.56. The van der Waals surface area contributed by atoms with Crippen LogP contribution in [0, 0.1) is 13.0 Å². The first-order valence-electron chi connectivity index (χ1n) is 6.31. The first-order valence-corrected chi connectivity index (χ1v) is 6.31. The van der Waals surface area contributed by atoms with Crippen LogP contribution < -0.4 is 0 Å². The van der Waals surface area contributed by atoms with Crippen molar-refractivity contribution in [3.63, 3.8) is 0 Å². The van der Waals surface area contributed by atoms with E-state index in [0.717, 1.165) is 16.6 Å². The van der Waals surface area contributed by atoms with Gasteiger partial charge in [0, 0.05) is 44.6 Å². The predicted octanol–water partition coefficient (Wildman–Crippen LogP) is 2.89. The zero-order valence-electron chi connectivity index (χ0n) is 11.6. The van der Waals surface area contributed by atoms with Crippen molar-refractivity contribution < 1.29 is 42.6 Å². The van der Waals surface area contributed by atoms with Crippen LogP contribution in [0.5, 0.6) is 0 Å². The Morgan fingerprint density at radius 3 is 2.81 bits per heavy atom. The number of aromatic carboxylic acids is 1. The van der Waals surface area contributed by atoms with E-state index in [1.807, 2.05) is 43.3 Å². The first-order chi connectivity index (χ1) is 9.66. The van der Waals surface area contributed by atoms with Gasteiger partial charge in [-0.25, -0.2) is 4.79 Å². The van der Waals surface area contributed by atoms with Crippen LogP contribution in [0.2, 0.25) is 0 Å². The van der Waals surface area contributed by atoms with Gasteiger partial charge in [0.1, 0.15) is 0 Å². The summed E-state index contributed by atoms with van der Waals surface area (Å²) in [5, 5.41) is 14.1. The number of para-hydroxylation sites is 1. The number of carboxylic acids is 1. The molecule has 4 nitrogen and oxygen atoms in total. The van der Waals surface area contributed by atoms with Gasteiger partial charge in [-0.05, 0) is 6.07 Å². The van der Waals surface area contributed by atoms with Crippen LogP contribution in [0.15, 0.2) is 42.5 Å². The van der Waals surface area contributed by atoms with Crippen LogP contribution >= 0.6 is 0 Å². The fourth-order valence-corrected chi connectivity index (χ4v) is 2.29. The molecule has 1 aromatic heterocycles. The summed E-state index contributed by atoms with van der Waals surface area (Å²) >= 11 is 0. The van der Waals surface area contributed by atoms with Crippen molar-refractivity contribution >= 4 is 16.9 Å². The second-order valence-corrected chi connectivity index (χ2v) is 4.68. The number of benzene rings is 2. The van der Waals surface area contributed by atoms with Crippen molar-refractivity contribution in [2.75, 3.05) is 0 Å². The number of carboxylic acid groups (broad SMARTS) is 1. The monoisotopic (exact) mass is 354 g/mol. The molecule has 0 saturated heterocycles. The van der Waals surface area contributed by atoms with Gasteiger partial charge in [0.15, 0.2) is 5.69 Å². The Kier molecular flexibility index (Phi) is 4.91. The number of aryl methyl sites for hydroxylation is 1. The molecule has 0 spiro atoms. The van der Waals surface area contributed by atoms with Crippen LogP contribution in [0.4, 0.5) is 0 Å². The zero-order valence-corrected chi connectivity index (χ0v) is 14.4. The minimum Gasteiger partial charge on any atom is -0.476 e. The van der Waals surface area contributed by atoms with Gasteiger partial charge in [0.2, 0.25) is 0 Å². The Balaban J connectivity index is 0.00000161. The average Bonchev–Trinajstić information content (AvgIpc) is 2.81. The molecule has 0 unspecified atom stereocenters. The second kappa shape index (κ2) is 6.50. The van der Waals surface area contributed by atoms with E-state index in [1.165, 1.54) is 0 Å². The minimum absolute atomic E-state index is 0. The Hall–Kier alpha value is -1.52. The third-order valence-electron chi connectivity index (χ3n) is 3.37. The second-order valence-electron chi connectivity index (χ2n) is 4.68. The summed E-state index contributed by atoms with van der Waals surface area (Å²) in [6.07, 6.45) is 0. The molecular formula is C16H13N2O2Y-. The van der Waals surface area contributed by atoms with E-state index in [-0.39, 0.29) is 38.4 Å². The van der Waals surface area contributed by atoms with Gasteiger partial charge >= 0.3 is 5.97 Å². The molecule has 1 radical (unpaired) electrons. The van der Waals surface area contributed by atoms with Crippen molar-refractivity contribution in [1.29, 1.82) is 0 Å². The van der Waals surface area contributed by atoms with Crippen LogP contribution in [0.3, 0.4) is 0 Å². The summed E-state index contributed by atoms with van der Waals surface area (Å²) in [6, 6.07) is 16.2. The molecule has 5 heteroatoms. The molecule has 21 heavy (non-hydrogen) atoms. The molecule has 1 heterocycles. The molecule has 0 aliphatic carbocycles. The molecule has 103 valence electrons. The maximum absolute atomic E-state index is 11.3. The van der Waals surface area contributed by atoms with E-state index in [0.29, 0.717) is 11.9 Å². The molecule has 0 aliphatic heterocycles. The fraction of sp³-hybridized carbons (Fsp3) is 0.125. The summed E-state index contributed by atoms with van der Waals surface area (Å²) in [5.74, 6) is -1.00. The van der Waals surface area contributed by atoms with Gasteiger partial charge in [-0.1, -0.05) is 25.1 Å². The topological polar surface area (TPSA) is 55.1 Å². The molecule has 0 atom stereocenters. The van der Waals surface area contributed by atoms with Crippen molar-refractivity contribution in [2.24, 2.45) is 0 Å². The molecule has 1 N–H and O–H groups in total. The molecule has 3 aromatic rings. The Morgan fingerprint density at radius 1 is 1.33 bits per heavy atom. The van der Waals surface area contributed by atoms with E-state index in [9.17, 15) is 9.90 Å². The Labute approximate surface area is 147 Å². The van der Waals surface area contributed by atoms with Gasteiger partial charge in [-0.15, -0.1) is 5.56 Å². The van der Waals surface area contributed by atoms with Gasteiger partial charge in [-0.2, -0.15) is 34.9 Å². The summed E-state index contributed by atoms with van der Waals surface area (Å²) in [4.78, 5) is 11.3. The van der Waals surface area contributed by atoms with Crippen molar-refractivity contribution in [3.05, 3.63) is 65.4 Å². The number of fused-ring (bicyclic) bond motifs is 1. The number of aromatic nitrogens is 2. The van der Waals surface area contributed by atoms with E-state index >= 15 is 0 Å². The zero-order chi connectivity index (χ0) is 14.1. The van der Waals surface area contributed by atoms with Crippen molar-refractivity contribution in [1.82, 2.24) is 9.78 Å². The largest absolute Gasteiger partial charge is 0.476 e. The molecular weight excluding hydrogens is 341 g/mol. The summed E-state index contributed by atoms with van der Waals surface area (Å²) < 4.78 is 1.74. The Bertz CT molecular complexity index is 796. The maximum atomic E-state index is 11.3. The summed E-state index contributed by atoms with van der Waals surface area (Å²) in [7, 11) is 0. The third-order valence-corrected chi connectivity index (χ3v) is 3.37. The van der Waals surface area contributed by atoms with Crippen molar-refractivity contribution in [3.8, 4) is 0 Å². The van der Waals surface area contributed by atoms with Gasteiger partial charge < -0.3 is 5.11 Å². The van der Waals surface area contributed by atoms with Crippen molar-refractivity contribution in [2.45, 2.75) is 13.5 Å². The molecule has 2 aromatic carbocycles. The SMILES string of the molecule is Cc1c[c-]ccc1Cn1nc(C(=O)O)c2ccccc21.[Y]. The summed E-state index contributed by atoms with van der Waals surface area (Å²) in [5.41, 5.74) is 3.15. The number of hydrogen-bond donors (Lipinski definition) is 1. The van der Waals surface area contributed by atoms with E-state index in [4.69, 9.17) is 0 Å². The van der Waals surface area contributed by atoms with E-state index < -0.39 is 5.97 Å². The van der Waals surface area contributed by atoms with Crippen LogP contribution in [0.1, 0.15) is 21.6 Å². The molecule has 3 rings (SSSR count). The standard InChI is InChI=1S/C16H13N2O2.Y/c1-11-6-2-3-7-12(11)10-18-14-9-5-4-8-13(14)15(17-18)16(19)20;/h3-9H,10H2,1H3,(H,19,20);/q-1;. The van der Waals surface area contributed by atoms with Gasteiger partial charge in [-0.3, -0.25) is 4.68 Å². The van der Waals surface area contributed by atoms with Gasteiger partial charge in [0.25, 0.3) is 0 Å². The molecule has 0 fully saturated rings. The Morgan fingerprint density at radius 2 is 2.10 bits per heavy atom. The first kappa shape index (κ1) is 15.9. The van der Waals surface area contributed by atoms with Crippen LogP contribution in [-0.2, 0) is 39.3 Å². The fourth-order valence-electron chi connectivity index (χ4n) is 2.29. The number of carbonyl (C=O) groups is 1. The number of hydrogen-bond acceptors (Lipinski definition) is 2. The van der Waals surface area contributed by atoms with Gasteiger partial charge in [0.05, 0.1) is 5.52 Å². The maximum Gasteiger partial charge on any atom is 0.357 e. The van der Waals surface area contributed by atoms with Crippen LogP contribution in [-0.4, -0.2) is 20.9 Å². The van der Waals surface area contributed by atoms with E-state index in [1.54, 1.807) is 10.7 Å².